The highest BCUT2D eigenvalue weighted by Gasteiger charge is 2.36. The van der Waals surface area contributed by atoms with Crippen molar-refractivity contribution in [2.75, 3.05) is 26.3 Å². The van der Waals surface area contributed by atoms with E-state index in [0.717, 1.165) is 26.3 Å². The van der Waals surface area contributed by atoms with Gasteiger partial charge in [0.2, 0.25) is 0 Å². The molecule has 0 radical (unpaired) electrons. The Labute approximate surface area is 107 Å². The molecule has 3 heteroatoms. The minimum absolute atomic E-state index is 0.159. The normalized spacial score (nSPS) is 23.3. The molecule has 1 atom stereocenters. The van der Waals surface area contributed by atoms with Crippen molar-refractivity contribution in [3.05, 3.63) is 0 Å². The SMILES string of the molecule is CC(C)NCC(C(C)C)N1CCOCC1(C)C. The summed E-state index contributed by atoms with van der Waals surface area (Å²) < 4.78 is 5.61. The molecule has 1 unspecified atom stereocenters. The molecule has 0 aromatic rings. The van der Waals surface area contributed by atoms with Gasteiger partial charge in [0.15, 0.2) is 0 Å². The number of nitrogens with zero attached hydrogens (tertiary/aromatic N) is 1. The second kappa shape index (κ2) is 6.17. The molecule has 1 N–H and O–H groups in total. The molecule has 3 nitrogen and oxygen atoms in total. The fourth-order valence-electron chi connectivity index (χ4n) is 2.55. The molecule has 0 aromatic heterocycles. The van der Waals surface area contributed by atoms with Crippen LogP contribution in [0.3, 0.4) is 0 Å². The van der Waals surface area contributed by atoms with E-state index in [1.807, 2.05) is 0 Å². The fraction of sp³-hybridized carbons (Fsp3) is 1.00. The van der Waals surface area contributed by atoms with E-state index in [1.165, 1.54) is 0 Å². The van der Waals surface area contributed by atoms with Gasteiger partial charge in [0, 0.05) is 30.7 Å². The minimum atomic E-state index is 0.159. The van der Waals surface area contributed by atoms with Gasteiger partial charge < -0.3 is 10.1 Å². The summed E-state index contributed by atoms with van der Waals surface area (Å²) >= 11 is 0. The van der Waals surface area contributed by atoms with Crippen molar-refractivity contribution in [2.24, 2.45) is 5.92 Å². The first-order valence-electron chi connectivity index (χ1n) is 6.92. The molecule has 17 heavy (non-hydrogen) atoms. The third-order valence-electron chi connectivity index (χ3n) is 3.61. The molecular formula is C14H30N2O. The smallest absolute Gasteiger partial charge is 0.0645 e. The van der Waals surface area contributed by atoms with Crippen molar-refractivity contribution in [1.29, 1.82) is 0 Å². The third-order valence-corrected chi connectivity index (χ3v) is 3.61. The second-order valence-corrected chi connectivity index (χ2v) is 6.43. The first-order valence-corrected chi connectivity index (χ1v) is 6.92. The van der Waals surface area contributed by atoms with Crippen LogP contribution in [0.1, 0.15) is 41.5 Å². The Morgan fingerprint density at radius 1 is 1.24 bits per heavy atom. The molecule has 0 aliphatic carbocycles. The molecule has 1 aliphatic heterocycles. The number of ether oxygens (including phenoxy) is 1. The Bertz CT molecular complexity index is 226. The zero-order valence-electron chi connectivity index (χ0n) is 12.4. The lowest BCUT2D eigenvalue weighted by molar-refractivity contribution is -0.0800. The Kier molecular flexibility index (Phi) is 5.42. The summed E-state index contributed by atoms with van der Waals surface area (Å²) in [5.74, 6) is 0.665. The second-order valence-electron chi connectivity index (χ2n) is 6.43. The Balaban J connectivity index is 2.67. The van der Waals surface area contributed by atoms with Gasteiger partial charge >= 0.3 is 0 Å². The van der Waals surface area contributed by atoms with Crippen molar-refractivity contribution in [2.45, 2.75) is 59.2 Å². The van der Waals surface area contributed by atoms with Crippen LogP contribution < -0.4 is 5.32 Å². The summed E-state index contributed by atoms with van der Waals surface area (Å²) in [6, 6.07) is 1.15. The van der Waals surface area contributed by atoms with Crippen LogP contribution in [0.5, 0.6) is 0 Å². The predicted molar refractivity (Wildman–Crippen MR) is 73.4 cm³/mol. The minimum Gasteiger partial charge on any atom is -0.378 e. The largest absolute Gasteiger partial charge is 0.378 e. The maximum atomic E-state index is 5.61. The van der Waals surface area contributed by atoms with E-state index in [2.05, 4.69) is 51.8 Å². The summed E-state index contributed by atoms with van der Waals surface area (Å²) in [4.78, 5) is 2.62. The van der Waals surface area contributed by atoms with Crippen molar-refractivity contribution >= 4 is 0 Å². The summed E-state index contributed by atoms with van der Waals surface area (Å²) in [7, 11) is 0. The molecule has 1 fully saturated rings. The standard InChI is InChI=1S/C14H30N2O/c1-11(2)13(9-15-12(3)4)16-7-8-17-10-14(16,5)6/h11-13,15H,7-10H2,1-6H3. The van der Waals surface area contributed by atoms with E-state index in [0.29, 0.717) is 18.0 Å². The third kappa shape index (κ3) is 4.23. The van der Waals surface area contributed by atoms with Crippen LogP contribution in [-0.2, 0) is 4.74 Å². The van der Waals surface area contributed by atoms with Crippen LogP contribution in [0.4, 0.5) is 0 Å². The quantitative estimate of drug-likeness (QED) is 0.799. The van der Waals surface area contributed by atoms with Gasteiger partial charge in [-0.25, -0.2) is 0 Å². The van der Waals surface area contributed by atoms with E-state index in [-0.39, 0.29) is 5.54 Å². The monoisotopic (exact) mass is 242 g/mol. The molecule has 0 spiro atoms. The number of hydrogen-bond acceptors (Lipinski definition) is 3. The molecule has 1 rings (SSSR count). The first-order chi connectivity index (χ1) is 7.84. The van der Waals surface area contributed by atoms with Gasteiger partial charge in [0.25, 0.3) is 0 Å². The zero-order chi connectivity index (χ0) is 13.1. The fourth-order valence-corrected chi connectivity index (χ4v) is 2.55. The highest BCUT2D eigenvalue weighted by molar-refractivity contribution is 4.91. The lowest BCUT2D eigenvalue weighted by atomic mass is 9.93. The molecule has 0 bridgehead atoms. The molecule has 1 aliphatic rings. The Morgan fingerprint density at radius 2 is 1.88 bits per heavy atom. The van der Waals surface area contributed by atoms with Gasteiger partial charge in [-0.1, -0.05) is 27.7 Å². The van der Waals surface area contributed by atoms with Gasteiger partial charge in [0.05, 0.1) is 13.2 Å². The molecule has 0 amide bonds. The molecule has 0 aromatic carbocycles. The van der Waals surface area contributed by atoms with E-state index < -0.39 is 0 Å². The van der Waals surface area contributed by atoms with Crippen LogP contribution in [0.25, 0.3) is 0 Å². The number of nitrogens with one attached hydrogen (secondary N) is 1. The van der Waals surface area contributed by atoms with Gasteiger partial charge in [-0.05, 0) is 19.8 Å². The number of rotatable bonds is 5. The van der Waals surface area contributed by atoms with E-state index in [1.54, 1.807) is 0 Å². The number of hydrogen-bond donors (Lipinski definition) is 1. The lowest BCUT2D eigenvalue weighted by Crippen LogP contribution is -2.61. The lowest BCUT2D eigenvalue weighted by Gasteiger charge is -2.48. The average Bonchev–Trinajstić information content (AvgIpc) is 2.19. The predicted octanol–water partition coefficient (Wildman–Crippen LogP) is 2.12. The highest BCUT2D eigenvalue weighted by atomic mass is 16.5. The molecule has 102 valence electrons. The van der Waals surface area contributed by atoms with Gasteiger partial charge in [-0.2, -0.15) is 0 Å². The van der Waals surface area contributed by atoms with Crippen LogP contribution in [-0.4, -0.2) is 48.8 Å². The van der Waals surface area contributed by atoms with Gasteiger partial charge in [-0.3, -0.25) is 4.90 Å². The Hall–Kier alpha value is -0.120. The van der Waals surface area contributed by atoms with E-state index >= 15 is 0 Å². The topological polar surface area (TPSA) is 24.5 Å². The van der Waals surface area contributed by atoms with E-state index in [4.69, 9.17) is 4.74 Å². The van der Waals surface area contributed by atoms with Crippen LogP contribution >= 0.6 is 0 Å². The summed E-state index contributed by atoms with van der Waals surface area (Å²) in [6.45, 7) is 17.5. The van der Waals surface area contributed by atoms with Crippen molar-refractivity contribution < 1.29 is 4.74 Å². The van der Waals surface area contributed by atoms with Crippen molar-refractivity contribution in [3.63, 3.8) is 0 Å². The van der Waals surface area contributed by atoms with Crippen LogP contribution in [0.2, 0.25) is 0 Å². The van der Waals surface area contributed by atoms with Gasteiger partial charge in [0.1, 0.15) is 0 Å². The average molecular weight is 242 g/mol. The summed E-state index contributed by atoms with van der Waals surface area (Å²) in [5.41, 5.74) is 0.159. The zero-order valence-corrected chi connectivity index (χ0v) is 12.4. The molecule has 0 saturated carbocycles. The molecular weight excluding hydrogens is 212 g/mol. The van der Waals surface area contributed by atoms with Crippen molar-refractivity contribution in [3.8, 4) is 0 Å². The molecule has 1 saturated heterocycles. The van der Waals surface area contributed by atoms with Crippen molar-refractivity contribution in [1.82, 2.24) is 10.2 Å². The highest BCUT2D eigenvalue weighted by Crippen LogP contribution is 2.25. The first kappa shape index (κ1) is 14.9. The molecule has 1 heterocycles. The maximum Gasteiger partial charge on any atom is 0.0645 e. The summed E-state index contributed by atoms with van der Waals surface area (Å²) in [6.07, 6.45) is 0. The van der Waals surface area contributed by atoms with Gasteiger partial charge in [-0.15, -0.1) is 0 Å². The van der Waals surface area contributed by atoms with Crippen LogP contribution in [0.15, 0.2) is 0 Å². The summed E-state index contributed by atoms with van der Waals surface area (Å²) in [5, 5.41) is 3.58. The van der Waals surface area contributed by atoms with Crippen LogP contribution in [0, 0.1) is 5.92 Å². The Morgan fingerprint density at radius 3 is 2.35 bits per heavy atom. The number of morpholine rings is 1. The van der Waals surface area contributed by atoms with E-state index in [9.17, 15) is 0 Å². The maximum absolute atomic E-state index is 5.61.